The lowest BCUT2D eigenvalue weighted by molar-refractivity contribution is -0.145. The molecule has 14 N–H and O–H groups in total. The fraction of sp³-hybridized carbons (Fsp3) is 0.796. The van der Waals surface area contributed by atoms with Crippen LogP contribution < -0.4 is 64.6 Å². The zero-order valence-electron chi connectivity index (χ0n) is 84.9. The third-order valence-corrected chi connectivity index (χ3v) is 30.5. The summed E-state index contributed by atoms with van der Waals surface area (Å²) in [5.41, 5.74) is 6.77. The molecular weight excluding hydrogens is 1730 g/mol. The van der Waals surface area contributed by atoms with E-state index in [1.165, 1.54) is 15.9 Å². The van der Waals surface area contributed by atoms with Crippen LogP contribution in [0.4, 0.5) is 19.2 Å². The summed E-state index contributed by atoms with van der Waals surface area (Å²) in [6.07, 6.45) is 9.89. The van der Waals surface area contributed by atoms with Gasteiger partial charge < -0.3 is 98.8 Å². The Labute approximate surface area is 797 Å². The van der Waals surface area contributed by atoms with Crippen LogP contribution in [0, 0.1) is 96.1 Å². The van der Waals surface area contributed by atoms with Crippen molar-refractivity contribution in [2.75, 3.05) is 72.1 Å². The van der Waals surface area contributed by atoms with Gasteiger partial charge in [-0.3, -0.25) is 67.1 Å². The zero-order valence-corrected chi connectivity index (χ0v) is 84.9. The van der Waals surface area contributed by atoms with Crippen molar-refractivity contribution >= 4 is 107 Å². The Balaban J connectivity index is 0.000000227. The molecule has 0 aromatic rings. The minimum Gasteiger partial charge on any atom is -0.448 e. The van der Waals surface area contributed by atoms with Crippen molar-refractivity contribution in [2.24, 2.45) is 108 Å². The van der Waals surface area contributed by atoms with Crippen LogP contribution in [0.5, 0.6) is 0 Å². The van der Waals surface area contributed by atoms with Crippen molar-refractivity contribution in [3.8, 4) is 0 Å². The van der Waals surface area contributed by atoms with Crippen LogP contribution in [0.15, 0.2) is 12.7 Å². The van der Waals surface area contributed by atoms with Crippen molar-refractivity contribution in [3.63, 3.8) is 0 Å². The molecule has 37 heteroatoms. The summed E-state index contributed by atoms with van der Waals surface area (Å²) in [5, 5.41) is 28.6. The van der Waals surface area contributed by atoms with E-state index in [4.69, 9.17) is 16.2 Å². The van der Waals surface area contributed by atoms with E-state index in [0.29, 0.717) is 91.1 Å². The average Bonchev–Trinajstić information content (AvgIpc) is 1.53. The number of carbonyl (C=O) groups excluding carboxylic acids is 18. The number of urea groups is 3. The summed E-state index contributed by atoms with van der Waals surface area (Å²) in [5.74, 6) is -7.47. The van der Waals surface area contributed by atoms with E-state index >= 15 is 0 Å². The van der Waals surface area contributed by atoms with E-state index in [1.807, 2.05) is 145 Å². The molecule has 0 spiro atoms. The molecule has 5 saturated carbocycles. The number of ketones is 3. The molecule has 18 amide bonds. The van der Waals surface area contributed by atoms with Gasteiger partial charge in [0.15, 0.2) is 0 Å². The van der Waals surface area contributed by atoms with Crippen molar-refractivity contribution < 1.29 is 91.0 Å². The molecule has 135 heavy (non-hydrogen) atoms. The Hall–Kier alpha value is -10.0. The Morgan fingerprint density at radius 3 is 1.01 bits per heavy atom. The Morgan fingerprint density at radius 2 is 0.741 bits per heavy atom. The third kappa shape index (κ3) is 26.1. The highest BCUT2D eigenvalue weighted by Crippen LogP contribution is 2.67. The highest BCUT2D eigenvalue weighted by atomic mass is 16.6. The highest BCUT2D eigenvalue weighted by Gasteiger charge is 2.73. The first kappa shape index (κ1) is 109. The second-order valence-electron chi connectivity index (χ2n) is 48.1. The van der Waals surface area contributed by atoms with Crippen LogP contribution in [0.1, 0.15) is 257 Å². The van der Waals surface area contributed by atoms with Crippen LogP contribution >= 0.6 is 0 Å². The first-order valence-corrected chi connectivity index (χ1v) is 48.8. The summed E-state index contributed by atoms with van der Waals surface area (Å²) in [4.78, 5) is 246. The maximum absolute atomic E-state index is 14.4. The molecule has 6 heterocycles. The quantitative estimate of drug-likeness (QED) is 0.0267. The number of nitrogens with one attached hydrogen (secondary N) is 10. The molecule has 37 nitrogen and oxygen atoms in total. The molecular formula is C98H160N18O19. The Bertz CT molecular complexity index is 4510. The number of nitrogens with zero attached hydrogens (tertiary/aromatic N) is 6. The van der Waals surface area contributed by atoms with Gasteiger partial charge in [-0.2, -0.15) is 0 Å². The van der Waals surface area contributed by atoms with Crippen molar-refractivity contribution in [2.45, 2.75) is 329 Å². The number of amides is 18. The molecule has 0 radical (unpaired) electrons. The molecule has 11 fully saturated rings. The number of rotatable bonds is 35. The summed E-state index contributed by atoms with van der Waals surface area (Å²) < 4.78 is 5.05. The van der Waals surface area contributed by atoms with E-state index < -0.39 is 165 Å². The topological polar surface area (TPSA) is 508 Å². The van der Waals surface area contributed by atoms with Crippen LogP contribution in [-0.4, -0.2) is 280 Å². The fourth-order valence-electron chi connectivity index (χ4n) is 20.8. The number of primary amides is 2. The largest absolute Gasteiger partial charge is 0.448 e. The number of likely N-dealkylation sites (tertiary alicyclic amines) is 5. The Kier molecular flexibility index (Phi) is 33.6. The van der Waals surface area contributed by atoms with Gasteiger partial charge >= 0.3 is 24.2 Å². The second kappa shape index (κ2) is 41.7. The number of hydrogen-bond acceptors (Lipinski definition) is 19. The number of piperidine rings is 3. The number of ether oxygens (including phenoxy) is 1. The number of fused-ring (bicyclic) bond motifs is 3. The van der Waals surface area contributed by atoms with E-state index in [2.05, 4.69) is 87.4 Å². The molecule has 0 aromatic carbocycles. The molecule has 0 aromatic heterocycles. The van der Waals surface area contributed by atoms with Gasteiger partial charge in [0.2, 0.25) is 64.6 Å². The van der Waals surface area contributed by atoms with Gasteiger partial charge in [0.25, 0.3) is 17.7 Å². The molecule has 3 unspecified atom stereocenters. The first-order chi connectivity index (χ1) is 62.2. The molecule has 11 aliphatic rings. The van der Waals surface area contributed by atoms with E-state index in [0.717, 1.165) is 44.9 Å². The molecule has 0 bridgehead atoms. The number of hydrogen-bond donors (Lipinski definition) is 12. The monoisotopic (exact) mass is 1890 g/mol. The Morgan fingerprint density at radius 1 is 0.422 bits per heavy atom. The standard InChI is InChI=1S/C35H56N6O6.C32H52N6O7.C31H52N6O6/c1-10-15-36-30(45)27(43)22(17-20-13-14-20)37-29(44)26-25-21(35(25,8)9)18-41(26)31(46)28(34(5,6)7)39-32(47)38-23(33(2,3)4)19-40-16-11-12-24(40)42;1-30(2,3)20(16-37-12-13-45-29(37)44)35-28(43)36-24(31(4,5)6)27(42)38-15-18-21(32(18,7)8)22(38)26(41)34-19(23(39)25(33)40)14-17-10-9-11-17;1-10-12-18(23(39)25(32)40)33-26(41)22-21-17(31(21,8)9)15-37(22)27(42)24(30(5,6)7)35-28(43)34-19(29(2,3)4)16-36-14-11-13-20(36)38/h10,20-23,25-26,28H,1,11-19H2,2-9H3,(H,36,45)(H,37,44)(H2,38,39,47);17-22,24H,9-16H2,1-8H3,(H2,33,40)(H,34,41)(H2,35,36,43);17-19,21-22,24H,10-16H2,1-9H3,(H2,32,40)(H,33,41)(H2,34,35,43)/t21-,22?,23+,25-,26-,28+;18-,19?,20+,21-,22-,24+;17-,18?,19+,21-,22-,24+/m000/s1. The maximum Gasteiger partial charge on any atom is 0.410 e. The number of nitrogens with two attached hydrogens (primary N) is 2. The average molecular weight is 1890 g/mol. The van der Waals surface area contributed by atoms with Crippen LogP contribution in [0.2, 0.25) is 0 Å². The number of Topliss-reactive ketones (excluding diaryl/α,β-unsaturated/α-hetero) is 3. The number of carbonyl (C=O) groups is 18. The summed E-state index contributed by atoms with van der Waals surface area (Å²) in [6, 6.07) is -11.3. The minimum atomic E-state index is -1.12. The lowest BCUT2D eigenvalue weighted by Gasteiger charge is -2.39. The van der Waals surface area contributed by atoms with Gasteiger partial charge in [-0.05, 0) is 128 Å². The van der Waals surface area contributed by atoms with Crippen molar-refractivity contribution in [1.82, 2.24) is 82.6 Å². The normalized spacial score (nSPS) is 25.5. The molecule has 6 aliphatic heterocycles. The van der Waals surface area contributed by atoms with E-state index in [-0.39, 0.29) is 130 Å². The van der Waals surface area contributed by atoms with Gasteiger partial charge in [0, 0.05) is 71.7 Å². The van der Waals surface area contributed by atoms with E-state index in [9.17, 15) is 86.3 Å². The second-order valence-corrected chi connectivity index (χ2v) is 48.1. The van der Waals surface area contributed by atoms with Gasteiger partial charge in [-0.15, -0.1) is 6.58 Å². The highest BCUT2D eigenvalue weighted by molar-refractivity contribution is 6.39. The first-order valence-electron chi connectivity index (χ1n) is 48.8. The summed E-state index contributed by atoms with van der Waals surface area (Å²) in [6.45, 7) is 56.4. The summed E-state index contributed by atoms with van der Waals surface area (Å²) >= 11 is 0. The fourth-order valence-corrected chi connectivity index (χ4v) is 20.8. The molecule has 5 aliphatic carbocycles. The van der Waals surface area contributed by atoms with Gasteiger partial charge in [-0.1, -0.05) is 218 Å². The smallest absolute Gasteiger partial charge is 0.410 e. The SMILES string of the molecule is C=CCNC(=O)C(=O)C(CC1CC1)NC(=O)[C@@H]1[C@@H]2[C@H](CN1C(=O)[C@@H](NC(=O)N[C@H](CN1CCCC1=O)C(C)(C)C)C(C)(C)C)C2(C)C.CC(C)(C)[C@H](NC(=O)N[C@H](CN1CCOC1=O)C(C)(C)C)C(=O)N1C[C@H]2[C@@H]([C@H]1C(=O)NC(CC1CCC1)C(=O)C(N)=O)C2(C)C.CCCC(NC(=O)[C@@H]1[C@@H]2[C@H](CN1C(=O)[C@@H](NC(=O)N[C@H](CN1CCCC1=O)C(C)(C)C)C(C)(C)C)C2(C)C)C(=O)C(N)=O. The summed E-state index contributed by atoms with van der Waals surface area (Å²) in [7, 11) is 0. The lowest BCUT2D eigenvalue weighted by Crippen LogP contribution is -2.62. The van der Waals surface area contributed by atoms with Gasteiger partial charge in [0.1, 0.15) is 42.9 Å². The third-order valence-electron chi connectivity index (χ3n) is 30.5. The van der Waals surface area contributed by atoms with Gasteiger partial charge in [0.05, 0.1) is 42.8 Å². The molecule has 6 saturated heterocycles. The van der Waals surface area contributed by atoms with E-state index in [1.54, 1.807) is 19.6 Å². The molecule has 756 valence electrons. The zero-order chi connectivity index (χ0) is 101. The van der Waals surface area contributed by atoms with Crippen LogP contribution in [0.3, 0.4) is 0 Å². The molecule has 18 atom stereocenters. The van der Waals surface area contributed by atoms with Crippen molar-refractivity contribution in [3.05, 3.63) is 12.7 Å². The van der Waals surface area contributed by atoms with Crippen LogP contribution in [-0.2, 0) is 71.9 Å². The molecule has 11 rings (SSSR count). The minimum absolute atomic E-state index is 0.0674. The maximum atomic E-state index is 14.4. The predicted octanol–water partition coefficient (Wildman–Crippen LogP) is 5.72. The number of cyclic esters (lactones) is 1. The predicted molar refractivity (Wildman–Crippen MR) is 504 cm³/mol. The van der Waals surface area contributed by atoms with Crippen LogP contribution in [0.25, 0.3) is 0 Å². The van der Waals surface area contributed by atoms with Gasteiger partial charge in [-0.25, -0.2) is 19.2 Å². The lowest BCUT2D eigenvalue weighted by atomic mass is 9.80. The van der Waals surface area contributed by atoms with Crippen molar-refractivity contribution in [1.29, 1.82) is 0 Å².